The van der Waals surface area contributed by atoms with Crippen LogP contribution in [0.3, 0.4) is 0 Å². The van der Waals surface area contributed by atoms with E-state index in [2.05, 4.69) is 49.5 Å². The maximum Gasteiger partial charge on any atom is 0.0705 e. The zero-order valence-electron chi connectivity index (χ0n) is 11.1. The van der Waals surface area contributed by atoms with Crippen LogP contribution in [0.2, 0.25) is 0 Å². The summed E-state index contributed by atoms with van der Waals surface area (Å²) < 4.78 is 0. The minimum absolute atomic E-state index is 0.243. The molecule has 1 fully saturated rings. The molecule has 1 heterocycles. The van der Waals surface area contributed by atoms with Crippen LogP contribution in [-0.2, 0) is 6.54 Å². The van der Waals surface area contributed by atoms with Crippen molar-refractivity contribution < 1.29 is 0 Å². The Balaban J connectivity index is 1.74. The molecule has 94 valence electrons. The highest BCUT2D eigenvalue weighted by molar-refractivity contribution is 5.78. The van der Waals surface area contributed by atoms with E-state index < -0.39 is 0 Å². The van der Waals surface area contributed by atoms with Gasteiger partial charge in [-0.25, -0.2) is 0 Å². The molecule has 0 radical (unpaired) electrons. The van der Waals surface area contributed by atoms with Gasteiger partial charge in [-0.1, -0.05) is 24.3 Å². The van der Waals surface area contributed by atoms with Crippen molar-refractivity contribution >= 4 is 10.9 Å². The predicted molar refractivity (Wildman–Crippen MR) is 75.4 cm³/mol. The van der Waals surface area contributed by atoms with Crippen LogP contribution in [-0.4, -0.2) is 10.5 Å². The van der Waals surface area contributed by atoms with Crippen LogP contribution in [0.15, 0.2) is 36.4 Å². The molecule has 1 saturated carbocycles. The molecule has 1 aromatic heterocycles. The molecule has 0 amide bonds. The topological polar surface area (TPSA) is 24.9 Å². The van der Waals surface area contributed by atoms with Gasteiger partial charge in [0.05, 0.1) is 11.2 Å². The van der Waals surface area contributed by atoms with Crippen LogP contribution in [0.4, 0.5) is 0 Å². The SMILES string of the molecule is CC(C)(NCc1ccc2ccccc2n1)C1CC1. The van der Waals surface area contributed by atoms with Gasteiger partial charge in [-0.3, -0.25) is 4.98 Å². The van der Waals surface area contributed by atoms with Gasteiger partial charge in [-0.2, -0.15) is 0 Å². The van der Waals surface area contributed by atoms with Gasteiger partial charge in [0, 0.05) is 17.5 Å². The minimum Gasteiger partial charge on any atom is -0.306 e. The molecule has 0 aliphatic heterocycles. The number of nitrogens with one attached hydrogen (secondary N) is 1. The van der Waals surface area contributed by atoms with E-state index in [9.17, 15) is 0 Å². The van der Waals surface area contributed by atoms with Crippen molar-refractivity contribution in [2.75, 3.05) is 0 Å². The largest absolute Gasteiger partial charge is 0.306 e. The lowest BCUT2D eigenvalue weighted by atomic mass is 9.99. The maximum atomic E-state index is 4.70. The summed E-state index contributed by atoms with van der Waals surface area (Å²) in [5, 5.41) is 4.85. The highest BCUT2D eigenvalue weighted by Gasteiger charge is 2.37. The molecular formula is C16H20N2. The molecule has 0 bridgehead atoms. The average Bonchev–Trinajstić information content (AvgIpc) is 3.21. The molecule has 1 aliphatic rings. The van der Waals surface area contributed by atoms with E-state index >= 15 is 0 Å². The lowest BCUT2D eigenvalue weighted by Crippen LogP contribution is -2.40. The third-order valence-corrected chi connectivity index (χ3v) is 3.98. The van der Waals surface area contributed by atoms with Crippen LogP contribution in [0.1, 0.15) is 32.4 Å². The Kier molecular flexibility index (Phi) is 2.83. The van der Waals surface area contributed by atoms with Crippen molar-refractivity contribution in [3.05, 3.63) is 42.1 Å². The Hall–Kier alpha value is -1.41. The standard InChI is InChI=1S/C16H20N2/c1-16(2,13-8-9-13)17-11-14-10-7-12-5-3-4-6-15(12)18-14/h3-7,10,13,17H,8-9,11H2,1-2H3. The number of hydrogen-bond acceptors (Lipinski definition) is 2. The number of nitrogens with zero attached hydrogens (tertiary/aromatic N) is 1. The number of hydrogen-bond donors (Lipinski definition) is 1. The molecule has 18 heavy (non-hydrogen) atoms. The van der Waals surface area contributed by atoms with Gasteiger partial charge < -0.3 is 5.32 Å². The van der Waals surface area contributed by atoms with Gasteiger partial charge in [0.15, 0.2) is 0 Å². The summed E-state index contributed by atoms with van der Waals surface area (Å²) in [6, 6.07) is 12.6. The van der Waals surface area contributed by atoms with Crippen molar-refractivity contribution in [1.82, 2.24) is 10.3 Å². The summed E-state index contributed by atoms with van der Waals surface area (Å²) in [6.07, 6.45) is 2.73. The number of rotatable bonds is 4. The first-order valence-electron chi connectivity index (χ1n) is 6.75. The summed E-state index contributed by atoms with van der Waals surface area (Å²) in [4.78, 5) is 4.70. The van der Waals surface area contributed by atoms with Gasteiger partial charge in [-0.15, -0.1) is 0 Å². The van der Waals surface area contributed by atoms with Crippen molar-refractivity contribution in [3.63, 3.8) is 0 Å². The Morgan fingerprint density at radius 3 is 2.72 bits per heavy atom. The fourth-order valence-corrected chi connectivity index (χ4v) is 2.47. The second-order valence-corrected chi connectivity index (χ2v) is 5.84. The van der Waals surface area contributed by atoms with Crippen LogP contribution in [0.5, 0.6) is 0 Å². The fraction of sp³-hybridized carbons (Fsp3) is 0.438. The molecular weight excluding hydrogens is 220 g/mol. The van der Waals surface area contributed by atoms with Crippen LogP contribution >= 0.6 is 0 Å². The highest BCUT2D eigenvalue weighted by Crippen LogP contribution is 2.39. The summed E-state index contributed by atoms with van der Waals surface area (Å²) in [5.41, 5.74) is 2.45. The third kappa shape index (κ3) is 2.39. The summed E-state index contributed by atoms with van der Waals surface area (Å²) in [7, 11) is 0. The van der Waals surface area contributed by atoms with Gasteiger partial charge in [0.2, 0.25) is 0 Å². The smallest absolute Gasteiger partial charge is 0.0705 e. The van der Waals surface area contributed by atoms with E-state index in [1.165, 1.54) is 18.2 Å². The average molecular weight is 240 g/mol. The molecule has 2 nitrogen and oxygen atoms in total. The molecule has 1 aromatic carbocycles. The quantitative estimate of drug-likeness (QED) is 0.884. The first kappa shape index (κ1) is 11.7. The number of aromatic nitrogens is 1. The predicted octanol–water partition coefficient (Wildman–Crippen LogP) is 3.51. The Morgan fingerprint density at radius 1 is 1.17 bits per heavy atom. The minimum atomic E-state index is 0.243. The van der Waals surface area contributed by atoms with Gasteiger partial charge in [0.1, 0.15) is 0 Å². The van der Waals surface area contributed by atoms with E-state index in [1.807, 2.05) is 6.07 Å². The Bertz CT molecular complexity index is 556. The molecule has 1 aliphatic carbocycles. The Morgan fingerprint density at radius 2 is 1.94 bits per heavy atom. The van der Waals surface area contributed by atoms with Crippen LogP contribution < -0.4 is 5.32 Å². The van der Waals surface area contributed by atoms with Gasteiger partial charge in [-0.05, 0) is 44.7 Å². The van der Waals surface area contributed by atoms with Crippen molar-refractivity contribution in [2.45, 2.75) is 38.8 Å². The zero-order valence-corrected chi connectivity index (χ0v) is 11.1. The van der Waals surface area contributed by atoms with Crippen molar-refractivity contribution in [1.29, 1.82) is 0 Å². The first-order chi connectivity index (χ1) is 8.65. The second-order valence-electron chi connectivity index (χ2n) is 5.84. The number of benzene rings is 1. The van der Waals surface area contributed by atoms with Gasteiger partial charge >= 0.3 is 0 Å². The van der Waals surface area contributed by atoms with E-state index in [0.717, 1.165) is 23.7 Å². The van der Waals surface area contributed by atoms with Crippen LogP contribution in [0.25, 0.3) is 10.9 Å². The molecule has 0 saturated heterocycles. The molecule has 1 N–H and O–H groups in total. The van der Waals surface area contributed by atoms with E-state index in [-0.39, 0.29) is 5.54 Å². The van der Waals surface area contributed by atoms with Gasteiger partial charge in [0.25, 0.3) is 0 Å². The summed E-state index contributed by atoms with van der Waals surface area (Å²) in [6.45, 7) is 5.45. The number of fused-ring (bicyclic) bond motifs is 1. The van der Waals surface area contributed by atoms with E-state index in [4.69, 9.17) is 4.98 Å². The lowest BCUT2D eigenvalue weighted by Gasteiger charge is -2.26. The van der Waals surface area contributed by atoms with Crippen molar-refractivity contribution in [3.8, 4) is 0 Å². The Labute approximate surface area is 108 Å². The molecule has 0 unspecified atom stereocenters. The fourth-order valence-electron chi connectivity index (χ4n) is 2.47. The van der Waals surface area contributed by atoms with Crippen LogP contribution in [0, 0.1) is 5.92 Å². The zero-order chi connectivity index (χ0) is 12.6. The molecule has 0 spiro atoms. The molecule has 0 atom stereocenters. The van der Waals surface area contributed by atoms with Crippen molar-refractivity contribution in [2.24, 2.45) is 5.92 Å². The second kappa shape index (κ2) is 4.36. The molecule has 2 heteroatoms. The third-order valence-electron chi connectivity index (χ3n) is 3.98. The monoisotopic (exact) mass is 240 g/mol. The molecule has 3 rings (SSSR count). The highest BCUT2D eigenvalue weighted by atomic mass is 15.0. The number of para-hydroxylation sites is 1. The number of pyridine rings is 1. The van der Waals surface area contributed by atoms with E-state index in [1.54, 1.807) is 0 Å². The maximum absolute atomic E-state index is 4.70. The summed E-state index contributed by atoms with van der Waals surface area (Å²) >= 11 is 0. The molecule has 2 aromatic rings. The normalized spacial score (nSPS) is 16.1. The van der Waals surface area contributed by atoms with E-state index in [0.29, 0.717) is 0 Å². The lowest BCUT2D eigenvalue weighted by molar-refractivity contribution is 0.338. The first-order valence-corrected chi connectivity index (χ1v) is 6.75. The summed E-state index contributed by atoms with van der Waals surface area (Å²) in [5.74, 6) is 0.845.